The number of rotatable bonds is 5. The van der Waals surface area contributed by atoms with Crippen LogP contribution < -0.4 is 5.56 Å². The fourth-order valence-electron chi connectivity index (χ4n) is 3.10. The van der Waals surface area contributed by atoms with Gasteiger partial charge in [-0.1, -0.05) is 60.7 Å². The summed E-state index contributed by atoms with van der Waals surface area (Å²) < 4.78 is 1.53. The van der Waals surface area contributed by atoms with Gasteiger partial charge in [0.2, 0.25) is 0 Å². The van der Waals surface area contributed by atoms with Crippen LogP contribution in [0.1, 0.15) is 27.0 Å². The third-order valence-corrected chi connectivity index (χ3v) is 4.67. The molecule has 0 saturated carbocycles. The van der Waals surface area contributed by atoms with E-state index in [2.05, 4.69) is 4.98 Å². The Kier molecular flexibility index (Phi) is 5.03. The molecule has 0 amide bonds. The normalized spacial score (nSPS) is 11.2. The van der Waals surface area contributed by atoms with Gasteiger partial charge in [0, 0.05) is 0 Å². The van der Waals surface area contributed by atoms with Gasteiger partial charge in [0.1, 0.15) is 0 Å². The quantitative estimate of drug-likeness (QED) is 0.522. The van der Waals surface area contributed by atoms with Crippen LogP contribution in [0, 0.1) is 0 Å². The Balaban J connectivity index is 1.64. The van der Waals surface area contributed by atoms with E-state index in [0.29, 0.717) is 17.4 Å². The summed E-state index contributed by atoms with van der Waals surface area (Å²) >= 11 is 0. The third-order valence-electron chi connectivity index (χ3n) is 4.67. The Morgan fingerprint density at radius 3 is 2.38 bits per heavy atom. The first-order valence-corrected chi connectivity index (χ1v) is 9.15. The molecular formula is C24H18N2O3. The van der Waals surface area contributed by atoms with Gasteiger partial charge in [-0.05, 0) is 41.0 Å². The molecule has 0 atom stereocenters. The number of hydrogen-bond donors (Lipinski definition) is 1. The van der Waals surface area contributed by atoms with E-state index in [-0.39, 0.29) is 11.1 Å². The highest BCUT2D eigenvalue weighted by molar-refractivity contribution is 5.87. The molecule has 0 unspecified atom stereocenters. The zero-order valence-corrected chi connectivity index (χ0v) is 15.5. The maximum absolute atomic E-state index is 12.9. The highest BCUT2D eigenvalue weighted by Gasteiger charge is 2.07. The smallest absolute Gasteiger partial charge is 0.335 e. The first-order valence-electron chi connectivity index (χ1n) is 9.15. The molecule has 0 aliphatic carbocycles. The van der Waals surface area contributed by atoms with E-state index < -0.39 is 5.97 Å². The maximum atomic E-state index is 12.9. The Bertz CT molecular complexity index is 1260. The SMILES string of the molecule is O=C(O)c1ccc(Cn2cnc3ccc(C=Cc4ccccc4)cc3c2=O)cc1. The van der Waals surface area contributed by atoms with Crippen molar-refractivity contribution < 1.29 is 9.90 Å². The van der Waals surface area contributed by atoms with Crippen LogP contribution in [0.25, 0.3) is 23.1 Å². The van der Waals surface area contributed by atoms with E-state index in [1.165, 1.54) is 23.0 Å². The second-order valence-corrected chi connectivity index (χ2v) is 6.70. The third kappa shape index (κ3) is 4.14. The standard InChI is InChI=1S/C24H18N2O3/c27-23-21-14-18(7-6-17-4-2-1-3-5-17)10-13-22(21)25-16-26(23)15-19-8-11-20(12-9-19)24(28)29/h1-14,16H,15H2,(H,28,29). The summed E-state index contributed by atoms with van der Waals surface area (Å²) in [5, 5.41) is 9.55. The van der Waals surface area contributed by atoms with Gasteiger partial charge in [-0.3, -0.25) is 9.36 Å². The fraction of sp³-hybridized carbons (Fsp3) is 0.0417. The Labute approximate surface area is 167 Å². The van der Waals surface area contributed by atoms with Crippen molar-refractivity contribution in [1.82, 2.24) is 9.55 Å². The molecule has 1 aromatic heterocycles. The largest absolute Gasteiger partial charge is 0.478 e. The van der Waals surface area contributed by atoms with Gasteiger partial charge < -0.3 is 5.11 Å². The van der Waals surface area contributed by atoms with Crippen molar-refractivity contribution in [2.75, 3.05) is 0 Å². The van der Waals surface area contributed by atoms with E-state index >= 15 is 0 Å². The number of aromatic carboxylic acids is 1. The zero-order valence-electron chi connectivity index (χ0n) is 15.5. The molecule has 0 spiro atoms. The van der Waals surface area contributed by atoms with Crippen LogP contribution in [-0.4, -0.2) is 20.6 Å². The van der Waals surface area contributed by atoms with E-state index in [1.807, 2.05) is 60.7 Å². The maximum Gasteiger partial charge on any atom is 0.335 e. The number of benzene rings is 3. The molecule has 0 radical (unpaired) electrons. The number of carbonyl (C=O) groups is 1. The molecule has 1 heterocycles. The Morgan fingerprint density at radius 2 is 1.66 bits per heavy atom. The highest BCUT2D eigenvalue weighted by Crippen LogP contribution is 2.14. The van der Waals surface area contributed by atoms with Crippen molar-refractivity contribution in [2.45, 2.75) is 6.54 Å². The van der Waals surface area contributed by atoms with E-state index in [1.54, 1.807) is 12.1 Å². The molecule has 0 saturated heterocycles. The number of fused-ring (bicyclic) bond motifs is 1. The van der Waals surface area contributed by atoms with Crippen LogP contribution in [-0.2, 0) is 6.54 Å². The second kappa shape index (κ2) is 7.94. The number of carboxylic acids is 1. The minimum absolute atomic E-state index is 0.132. The minimum atomic E-state index is -0.975. The van der Waals surface area contributed by atoms with E-state index in [9.17, 15) is 9.59 Å². The van der Waals surface area contributed by atoms with Crippen molar-refractivity contribution in [3.63, 3.8) is 0 Å². The number of nitrogens with zero attached hydrogens (tertiary/aromatic N) is 2. The summed E-state index contributed by atoms with van der Waals surface area (Å²) in [7, 11) is 0. The van der Waals surface area contributed by atoms with Gasteiger partial charge >= 0.3 is 5.97 Å². The molecule has 5 heteroatoms. The van der Waals surface area contributed by atoms with Crippen molar-refractivity contribution in [3.05, 3.63) is 112 Å². The summed E-state index contributed by atoms with van der Waals surface area (Å²) in [4.78, 5) is 28.3. The molecule has 3 aromatic carbocycles. The van der Waals surface area contributed by atoms with Crippen LogP contribution in [0.15, 0.2) is 83.9 Å². The van der Waals surface area contributed by atoms with E-state index in [4.69, 9.17) is 5.11 Å². The van der Waals surface area contributed by atoms with Gasteiger partial charge in [-0.15, -0.1) is 0 Å². The van der Waals surface area contributed by atoms with Crippen LogP contribution in [0.4, 0.5) is 0 Å². The summed E-state index contributed by atoms with van der Waals surface area (Å²) in [6.45, 7) is 0.325. The van der Waals surface area contributed by atoms with Crippen LogP contribution in [0.5, 0.6) is 0 Å². The minimum Gasteiger partial charge on any atom is -0.478 e. The highest BCUT2D eigenvalue weighted by atomic mass is 16.4. The molecule has 0 aliphatic heterocycles. The summed E-state index contributed by atoms with van der Waals surface area (Å²) in [5.74, 6) is -0.975. The van der Waals surface area contributed by atoms with Crippen LogP contribution in [0.2, 0.25) is 0 Å². The number of hydrogen-bond acceptors (Lipinski definition) is 3. The lowest BCUT2D eigenvalue weighted by molar-refractivity contribution is 0.0697. The van der Waals surface area contributed by atoms with Gasteiger partial charge in [-0.25, -0.2) is 9.78 Å². The number of carboxylic acid groups (broad SMARTS) is 1. The van der Waals surface area contributed by atoms with E-state index in [0.717, 1.165) is 16.7 Å². The lowest BCUT2D eigenvalue weighted by atomic mass is 10.1. The molecule has 0 fully saturated rings. The van der Waals surface area contributed by atoms with Crippen molar-refractivity contribution in [2.24, 2.45) is 0 Å². The van der Waals surface area contributed by atoms with Crippen molar-refractivity contribution in [1.29, 1.82) is 0 Å². The first kappa shape index (κ1) is 18.4. The second-order valence-electron chi connectivity index (χ2n) is 6.70. The first-order chi connectivity index (χ1) is 14.1. The predicted octanol–water partition coefficient (Wildman–Crippen LogP) is 4.31. The number of aromatic nitrogens is 2. The lowest BCUT2D eigenvalue weighted by Crippen LogP contribution is -2.21. The monoisotopic (exact) mass is 382 g/mol. The topological polar surface area (TPSA) is 72.2 Å². The summed E-state index contributed by atoms with van der Waals surface area (Å²) in [6.07, 6.45) is 5.49. The zero-order chi connectivity index (χ0) is 20.2. The lowest BCUT2D eigenvalue weighted by Gasteiger charge is -2.08. The molecule has 29 heavy (non-hydrogen) atoms. The molecule has 1 N–H and O–H groups in total. The van der Waals surface area contributed by atoms with Crippen molar-refractivity contribution >= 4 is 29.0 Å². The van der Waals surface area contributed by atoms with Crippen LogP contribution >= 0.6 is 0 Å². The molecule has 4 aromatic rings. The summed E-state index contributed by atoms with van der Waals surface area (Å²) in [6, 6.07) is 22.0. The molecule has 142 valence electrons. The molecule has 5 nitrogen and oxygen atoms in total. The Hall–Kier alpha value is -3.99. The van der Waals surface area contributed by atoms with Crippen molar-refractivity contribution in [3.8, 4) is 0 Å². The van der Waals surface area contributed by atoms with Gasteiger partial charge in [0.05, 0.1) is 29.3 Å². The van der Waals surface area contributed by atoms with Gasteiger partial charge in [0.25, 0.3) is 5.56 Å². The molecule has 0 aliphatic rings. The molecule has 0 bridgehead atoms. The average Bonchev–Trinajstić information content (AvgIpc) is 2.75. The van der Waals surface area contributed by atoms with Gasteiger partial charge in [-0.2, -0.15) is 0 Å². The fourth-order valence-corrected chi connectivity index (χ4v) is 3.10. The predicted molar refractivity (Wildman–Crippen MR) is 114 cm³/mol. The average molecular weight is 382 g/mol. The molecular weight excluding hydrogens is 364 g/mol. The van der Waals surface area contributed by atoms with Gasteiger partial charge in [0.15, 0.2) is 0 Å². The van der Waals surface area contributed by atoms with Crippen LogP contribution in [0.3, 0.4) is 0 Å². The molecule has 4 rings (SSSR count). The Morgan fingerprint density at radius 1 is 0.931 bits per heavy atom. The summed E-state index contributed by atoms with van der Waals surface area (Å²) in [5.41, 5.74) is 3.56.